The van der Waals surface area contributed by atoms with Crippen LogP contribution in [-0.2, 0) is 0 Å². The topological polar surface area (TPSA) is 42.2 Å². The third kappa shape index (κ3) is 3.93. The van der Waals surface area contributed by atoms with Crippen molar-refractivity contribution >= 4 is 11.6 Å². The predicted molar refractivity (Wildman–Crippen MR) is 87.6 cm³/mol. The number of hydrogen-bond acceptors (Lipinski definition) is 3. The van der Waals surface area contributed by atoms with Gasteiger partial charge >= 0.3 is 0 Å². The lowest BCUT2D eigenvalue weighted by Gasteiger charge is -2.14. The molecule has 4 heteroatoms. The Kier molecular flexibility index (Phi) is 5.68. The van der Waals surface area contributed by atoms with E-state index in [0.29, 0.717) is 23.8 Å². The number of hydrogen-bond donors (Lipinski definition) is 0. The number of halogens is 1. The molecule has 1 atom stereocenters. The molecule has 0 spiro atoms. The van der Waals surface area contributed by atoms with Gasteiger partial charge in [0, 0.05) is 12.0 Å². The van der Waals surface area contributed by atoms with Crippen molar-refractivity contribution in [1.82, 2.24) is 0 Å². The highest BCUT2D eigenvalue weighted by Gasteiger charge is 2.15. The number of rotatable bonds is 6. The van der Waals surface area contributed by atoms with Gasteiger partial charge in [0.15, 0.2) is 0 Å². The first kappa shape index (κ1) is 16.2. The Hall–Kier alpha value is -2.18. The first-order valence-corrected chi connectivity index (χ1v) is 7.45. The van der Waals surface area contributed by atoms with E-state index in [1.54, 1.807) is 7.11 Å². The molecule has 0 fully saturated rings. The van der Waals surface area contributed by atoms with Gasteiger partial charge in [0.25, 0.3) is 0 Å². The zero-order valence-corrected chi connectivity index (χ0v) is 13.4. The van der Waals surface area contributed by atoms with Crippen LogP contribution < -0.4 is 9.47 Å². The molecule has 22 heavy (non-hydrogen) atoms. The van der Waals surface area contributed by atoms with E-state index in [1.807, 2.05) is 49.4 Å². The molecule has 2 rings (SSSR count). The summed E-state index contributed by atoms with van der Waals surface area (Å²) in [6.07, 6.45) is 0.571. The van der Waals surface area contributed by atoms with Gasteiger partial charge in [-0.2, -0.15) is 5.26 Å². The summed E-state index contributed by atoms with van der Waals surface area (Å²) in [5, 5.41) is 9.99. The first-order chi connectivity index (χ1) is 10.7. The zero-order chi connectivity index (χ0) is 15.9. The Labute approximate surface area is 136 Å². The van der Waals surface area contributed by atoms with E-state index >= 15 is 0 Å². The van der Waals surface area contributed by atoms with Gasteiger partial charge in [-0.05, 0) is 30.7 Å². The molecule has 0 aromatic heterocycles. The smallest absolute Gasteiger partial charge is 0.138 e. The summed E-state index contributed by atoms with van der Waals surface area (Å²) in [6.45, 7) is 2.40. The van der Waals surface area contributed by atoms with Crippen LogP contribution in [-0.4, -0.2) is 13.7 Å². The Morgan fingerprint density at radius 2 is 1.95 bits per heavy atom. The van der Waals surface area contributed by atoms with Crippen molar-refractivity contribution in [2.45, 2.75) is 19.3 Å². The molecule has 114 valence electrons. The standard InChI is InChI=1S/C18H18ClNO2/c1-13-7-8-16(19)18(11-13)22-10-9-14(12-20)15-5-3-4-6-17(15)21-2/h3-8,11,14H,9-10H2,1-2H3. The quantitative estimate of drug-likeness (QED) is 0.773. The van der Waals surface area contributed by atoms with Crippen molar-refractivity contribution in [3.63, 3.8) is 0 Å². The Morgan fingerprint density at radius 3 is 2.68 bits per heavy atom. The largest absolute Gasteiger partial charge is 0.496 e. The van der Waals surface area contributed by atoms with Gasteiger partial charge in [-0.15, -0.1) is 0 Å². The number of ether oxygens (including phenoxy) is 2. The van der Waals surface area contributed by atoms with Gasteiger partial charge in [0.1, 0.15) is 11.5 Å². The summed E-state index contributed by atoms with van der Waals surface area (Å²) in [5.41, 5.74) is 1.97. The van der Waals surface area contributed by atoms with Crippen molar-refractivity contribution in [3.8, 4) is 17.6 Å². The maximum absolute atomic E-state index is 9.41. The molecule has 0 bridgehead atoms. The lowest BCUT2D eigenvalue weighted by atomic mass is 9.96. The van der Waals surface area contributed by atoms with Crippen LogP contribution in [0.15, 0.2) is 42.5 Å². The molecule has 0 saturated heterocycles. The number of methoxy groups -OCH3 is 1. The van der Waals surface area contributed by atoms with Crippen molar-refractivity contribution < 1.29 is 9.47 Å². The summed E-state index contributed by atoms with van der Waals surface area (Å²) in [4.78, 5) is 0. The fraction of sp³-hybridized carbons (Fsp3) is 0.278. The highest BCUT2D eigenvalue weighted by molar-refractivity contribution is 6.32. The van der Waals surface area contributed by atoms with Gasteiger partial charge < -0.3 is 9.47 Å². The molecule has 0 aliphatic heterocycles. The average Bonchev–Trinajstić information content (AvgIpc) is 2.54. The van der Waals surface area contributed by atoms with E-state index in [4.69, 9.17) is 21.1 Å². The molecular formula is C18H18ClNO2. The lowest BCUT2D eigenvalue weighted by molar-refractivity contribution is 0.304. The minimum absolute atomic E-state index is 0.278. The second-order valence-electron chi connectivity index (χ2n) is 4.99. The van der Waals surface area contributed by atoms with E-state index in [0.717, 1.165) is 16.9 Å². The molecule has 0 amide bonds. The highest BCUT2D eigenvalue weighted by atomic mass is 35.5. The maximum atomic E-state index is 9.41. The molecule has 0 radical (unpaired) electrons. The summed E-state index contributed by atoms with van der Waals surface area (Å²) in [6, 6.07) is 15.5. The average molecular weight is 316 g/mol. The second-order valence-corrected chi connectivity index (χ2v) is 5.40. The fourth-order valence-corrected chi connectivity index (χ4v) is 2.42. The van der Waals surface area contributed by atoms with Gasteiger partial charge in [0.05, 0.1) is 30.7 Å². The highest BCUT2D eigenvalue weighted by Crippen LogP contribution is 2.30. The van der Waals surface area contributed by atoms with Crippen molar-refractivity contribution in [1.29, 1.82) is 5.26 Å². The summed E-state index contributed by atoms with van der Waals surface area (Å²) in [7, 11) is 1.61. The third-order valence-electron chi connectivity index (χ3n) is 3.42. The molecule has 2 aromatic carbocycles. The van der Waals surface area contributed by atoms with Gasteiger partial charge in [-0.25, -0.2) is 0 Å². The van der Waals surface area contributed by atoms with E-state index in [2.05, 4.69) is 6.07 Å². The molecule has 0 aliphatic carbocycles. The molecule has 0 aliphatic rings. The fourth-order valence-electron chi connectivity index (χ4n) is 2.25. The van der Waals surface area contributed by atoms with Crippen LogP contribution in [0.1, 0.15) is 23.5 Å². The Balaban J connectivity index is 2.03. The van der Waals surface area contributed by atoms with Crippen molar-refractivity contribution in [2.75, 3.05) is 13.7 Å². The zero-order valence-electron chi connectivity index (χ0n) is 12.7. The number of aryl methyl sites for hydroxylation is 1. The molecule has 0 heterocycles. The number of nitrogens with zero attached hydrogens (tertiary/aromatic N) is 1. The summed E-state index contributed by atoms with van der Waals surface area (Å²) < 4.78 is 11.0. The van der Waals surface area contributed by atoms with E-state index in [-0.39, 0.29) is 5.92 Å². The normalized spacial score (nSPS) is 11.5. The molecule has 0 N–H and O–H groups in total. The Morgan fingerprint density at radius 1 is 1.18 bits per heavy atom. The minimum Gasteiger partial charge on any atom is -0.496 e. The Bertz CT molecular complexity index is 679. The summed E-state index contributed by atoms with van der Waals surface area (Å²) in [5.74, 6) is 1.10. The predicted octanol–water partition coefficient (Wildman–Crippen LogP) is 4.73. The second kappa shape index (κ2) is 7.72. The number of nitriles is 1. The van der Waals surface area contributed by atoms with E-state index in [9.17, 15) is 5.26 Å². The molecular weight excluding hydrogens is 298 g/mol. The monoisotopic (exact) mass is 315 g/mol. The van der Waals surface area contributed by atoms with E-state index in [1.165, 1.54) is 0 Å². The minimum atomic E-state index is -0.278. The first-order valence-electron chi connectivity index (χ1n) is 7.07. The number of para-hydroxylation sites is 1. The molecule has 0 saturated carbocycles. The van der Waals surface area contributed by atoms with Crippen LogP contribution in [0, 0.1) is 18.3 Å². The number of benzene rings is 2. The maximum Gasteiger partial charge on any atom is 0.138 e. The van der Waals surface area contributed by atoms with Gasteiger partial charge in [-0.3, -0.25) is 0 Å². The van der Waals surface area contributed by atoms with Crippen LogP contribution in [0.5, 0.6) is 11.5 Å². The van der Waals surface area contributed by atoms with Crippen LogP contribution in [0.25, 0.3) is 0 Å². The SMILES string of the molecule is COc1ccccc1C(C#N)CCOc1cc(C)ccc1Cl. The van der Waals surface area contributed by atoms with Crippen LogP contribution in [0.2, 0.25) is 5.02 Å². The van der Waals surface area contributed by atoms with Gasteiger partial charge in [0.2, 0.25) is 0 Å². The van der Waals surface area contributed by atoms with E-state index < -0.39 is 0 Å². The third-order valence-corrected chi connectivity index (χ3v) is 3.73. The molecule has 1 unspecified atom stereocenters. The van der Waals surface area contributed by atoms with Crippen LogP contribution in [0.3, 0.4) is 0 Å². The lowest BCUT2D eigenvalue weighted by Crippen LogP contribution is -2.06. The van der Waals surface area contributed by atoms with Crippen LogP contribution in [0.4, 0.5) is 0 Å². The van der Waals surface area contributed by atoms with Crippen LogP contribution >= 0.6 is 11.6 Å². The molecule has 2 aromatic rings. The van der Waals surface area contributed by atoms with Crippen molar-refractivity contribution in [2.24, 2.45) is 0 Å². The molecule has 3 nitrogen and oxygen atoms in total. The van der Waals surface area contributed by atoms with Crippen molar-refractivity contribution in [3.05, 3.63) is 58.6 Å². The summed E-state index contributed by atoms with van der Waals surface area (Å²) >= 11 is 6.10. The van der Waals surface area contributed by atoms with Gasteiger partial charge in [-0.1, -0.05) is 35.9 Å².